The van der Waals surface area contributed by atoms with Gasteiger partial charge in [-0.2, -0.15) is 4.98 Å². The molecule has 0 unspecified atom stereocenters. The van der Waals surface area contributed by atoms with Crippen molar-refractivity contribution in [3.63, 3.8) is 0 Å². The van der Waals surface area contributed by atoms with Crippen LogP contribution in [0.15, 0.2) is 54.9 Å². The van der Waals surface area contributed by atoms with Gasteiger partial charge in [0.2, 0.25) is 5.88 Å². The van der Waals surface area contributed by atoms with Gasteiger partial charge in [0.25, 0.3) is 5.88 Å². The lowest BCUT2D eigenvalue weighted by Crippen LogP contribution is -2.37. The van der Waals surface area contributed by atoms with Crippen LogP contribution in [0.1, 0.15) is 36.0 Å². The minimum Gasteiger partial charge on any atom is -0.488 e. The predicted octanol–water partition coefficient (Wildman–Crippen LogP) is 5.08. The zero-order valence-corrected chi connectivity index (χ0v) is 26.1. The first-order chi connectivity index (χ1) is 22.3. The van der Waals surface area contributed by atoms with Crippen LogP contribution >= 0.6 is 0 Å². The summed E-state index contributed by atoms with van der Waals surface area (Å²) in [7, 11) is 1.53. The van der Waals surface area contributed by atoms with E-state index < -0.39 is 5.41 Å². The lowest BCUT2D eigenvalue weighted by Gasteiger charge is -2.26. The number of carbonyl (C=O) groups is 2. The Hall–Kier alpha value is -4.48. The Kier molecular flexibility index (Phi) is 9.51. The maximum Gasteiger partial charge on any atom is 0.257 e. The Labute approximate surface area is 266 Å². The Morgan fingerprint density at radius 3 is 2.46 bits per heavy atom. The first-order valence-corrected chi connectivity index (χ1v) is 15.6. The molecule has 1 aliphatic carbocycles. The van der Waals surface area contributed by atoms with Gasteiger partial charge in [-0.05, 0) is 67.1 Å². The van der Waals surface area contributed by atoms with Crippen LogP contribution in [0.5, 0.6) is 23.3 Å². The van der Waals surface area contributed by atoms with Crippen molar-refractivity contribution in [1.29, 1.82) is 0 Å². The number of halogens is 1. The normalized spacial score (nSPS) is 15.8. The molecular formula is C35H37FN4O6. The molecule has 3 heterocycles. The van der Waals surface area contributed by atoms with Crippen LogP contribution in [0.3, 0.4) is 0 Å². The van der Waals surface area contributed by atoms with Crippen LogP contribution in [-0.4, -0.2) is 78.0 Å². The molecule has 2 aromatic carbocycles. The van der Waals surface area contributed by atoms with E-state index in [-0.39, 0.29) is 36.1 Å². The highest BCUT2D eigenvalue weighted by molar-refractivity contribution is 6.11. The second kappa shape index (κ2) is 13.9. The maximum absolute atomic E-state index is 13.3. The van der Waals surface area contributed by atoms with Crippen LogP contribution in [0.25, 0.3) is 11.0 Å². The first kappa shape index (κ1) is 31.5. The number of pyridine rings is 1. The van der Waals surface area contributed by atoms with E-state index in [1.165, 1.54) is 25.6 Å². The average Bonchev–Trinajstić information content (AvgIpc) is 3.88. The Balaban J connectivity index is 1.10. The van der Waals surface area contributed by atoms with E-state index in [4.69, 9.17) is 18.9 Å². The lowest BCUT2D eigenvalue weighted by atomic mass is 9.87. The Morgan fingerprint density at radius 2 is 1.74 bits per heavy atom. The smallest absolute Gasteiger partial charge is 0.257 e. The van der Waals surface area contributed by atoms with E-state index in [0.29, 0.717) is 53.4 Å². The van der Waals surface area contributed by atoms with Crippen LogP contribution in [0.4, 0.5) is 4.39 Å². The molecule has 46 heavy (non-hydrogen) atoms. The number of ether oxygens (including phenoxy) is 4. The fourth-order valence-corrected chi connectivity index (χ4v) is 5.73. The van der Waals surface area contributed by atoms with E-state index in [1.54, 1.807) is 24.3 Å². The van der Waals surface area contributed by atoms with Gasteiger partial charge < -0.3 is 18.9 Å². The summed E-state index contributed by atoms with van der Waals surface area (Å²) in [5.74, 6) is 1.03. The number of benzene rings is 2. The topological polar surface area (TPSA) is 113 Å². The number of nitrogens with zero attached hydrogens (tertiary/aromatic N) is 4. The number of Topliss-reactive ketones (excluding diaryl/α,β-unsaturated/α-hetero) is 2. The highest BCUT2D eigenvalue weighted by atomic mass is 19.1. The van der Waals surface area contributed by atoms with Gasteiger partial charge in [0.1, 0.15) is 23.4 Å². The molecule has 4 aromatic rings. The number of aryl methyl sites for hydroxylation is 1. The van der Waals surface area contributed by atoms with Crippen molar-refractivity contribution in [3.8, 4) is 23.3 Å². The minimum atomic E-state index is -0.952. The molecule has 1 saturated heterocycles. The van der Waals surface area contributed by atoms with Crippen molar-refractivity contribution in [2.75, 3.05) is 46.6 Å². The number of aromatic nitrogens is 3. The summed E-state index contributed by atoms with van der Waals surface area (Å²) in [6.07, 6.45) is 3.62. The van der Waals surface area contributed by atoms with Crippen molar-refractivity contribution in [2.45, 2.75) is 39.0 Å². The molecular weight excluding hydrogens is 591 g/mol. The number of hydrogen-bond donors (Lipinski definition) is 0. The summed E-state index contributed by atoms with van der Waals surface area (Å²) < 4.78 is 36.3. The lowest BCUT2D eigenvalue weighted by molar-refractivity contribution is -0.133. The SMILES string of the molecule is COc1nc2c(Oc3ccc(CC(=O)C4(C(=O)Cc5ccc(F)cc5)CC4)c(C)c3)ncnc2cc1OCCCN1CCOCC1. The first-order valence-electron chi connectivity index (χ1n) is 15.6. The van der Waals surface area contributed by atoms with Crippen LogP contribution in [-0.2, 0) is 27.2 Å². The van der Waals surface area contributed by atoms with Crippen LogP contribution < -0.4 is 14.2 Å². The molecule has 0 atom stereocenters. The molecule has 0 spiro atoms. The van der Waals surface area contributed by atoms with Gasteiger partial charge in [0.15, 0.2) is 22.8 Å². The van der Waals surface area contributed by atoms with Gasteiger partial charge in [-0.15, -0.1) is 0 Å². The molecule has 2 aromatic heterocycles. The third-order valence-electron chi connectivity index (χ3n) is 8.66. The summed E-state index contributed by atoms with van der Waals surface area (Å²) in [6.45, 7) is 6.73. The number of methoxy groups -OCH3 is 1. The fraction of sp³-hybridized carbons (Fsp3) is 0.400. The standard InChI is InChI=1S/C35H37FN4O6/c1-23-18-27(9-6-25(23)20-31(42)35(10-11-35)30(41)19-24-4-7-26(36)8-5-24)46-34-32-28(37-22-38-34)21-29(33(39-32)43-2)45-15-3-12-40-13-16-44-17-14-40/h4-9,18,21-22H,3,10-17,19-20H2,1-2H3. The maximum atomic E-state index is 13.3. The second-order valence-corrected chi connectivity index (χ2v) is 11.8. The predicted molar refractivity (Wildman–Crippen MR) is 168 cm³/mol. The summed E-state index contributed by atoms with van der Waals surface area (Å²) in [4.78, 5) is 42.1. The largest absolute Gasteiger partial charge is 0.488 e. The molecule has 0 N–H and O–H groups in total. The second-order valence-electron chi connectivity index (χ2n) is 11.8. The zero-order valence-electron chi connectivity index (χ0n) is 26.1. The van der Waals surface area contributed by atoms with Gasteiger partial charge in [-0.25, -0.2) is 14.4 Å². The van der Waals surface area contributed by atoms with Gasteiger partial charge >= 0.3 is 0 Å². The zero-order chi connectivity index (χ0) is 32.1. The molecule has 0 amide bonds. The molecule has 11 heteroatoms. The summed E-state index contributed by atoms with van der Waals surface area (Å²) in [5, 5.41) is 0. The monoisotopic (exact) mass is 628 g/mol. The quantitative estimate of drug-likeness (QED) is 0.138. The van der Waals surface area contributed by atoms with Crippen LogP contribution in [0, 0.1) is 18.2 Å². The van der Waals surface area contributed by atoms with Gasteiger partial charge in [0, 0.05) is 38.5 Å². The van der Waals surface area contributed by atoms with E-state index in [1.807, 2.05) is 19.1 Å². The molecule has 10 nitrogen and oxygen atoms in total. The van der Waals surface area contributed by atoms with Crippen molar-refractivity contribution in [1.82, 2.24) is 19.9 Å². The molecule has 6 rings (SSSR count). The molecule has 0 bridgehead atoms. The molecule has 1 aliphatic heterocycles. The van der Waals surface area contributed by atoms with Crippen molar-refractivity contribution < 1.29 is 32.9 Å². The molecule has 0 radical (unpaired) electrons. The molecule has 2 fully saturated rings. The molecule has 1 saturated carbocycles. The molecule has 2 aliphatic rings. The number of carbonyl (C=O) groups excluding carboxylic acids is 2. The fourth-order valence-electron chi connectivity index (χ4n) is 5.73. The number of morpholine rings is 1. The molecule has 240 valence electrons. The minimum absolute atomic E-state index is 0.0893. The summed E-state index contributed by atoms with van der Waals surface area (Å²) >= 11 is 0. The van der Waals surface area contributed by atoms with E-state index in [0.717, 1.165) is 50.4 Å². The highest BCUT2D eigenvalue weighted by Gasteiger charge is 2.54. The van der Waals surface area contributed by atoms with E-state index in [9.17, 15) is 14.0 Å². The summed E-state index contributed by atoms with van der Waals surface area (Å²) in [6, 6.07) is 13.0. The number of hydrogen-bond acceptors (Lipinski definition) is 10. The number of ketones is 2. The summed E-state index contributed by atoms with van der Waals surface area (Å²) in [5.41, 5.74) is 2.40. The van der Waals surface area contributed by atoms with E-state index in [2.05, 4.69) is 19.9 Å². The third-order valence-corrected chi connectivity index (χ3v) is 8.66. The van der Waals surface area contributed by atoms with Gasteiger partial charge in [0.05, 0.1) is 32.3 Å². The average molecular weight is 629 g/mol. The highest BCUT2D eigenvalue weighted by Crippen LogP contribution is 2.49. The Morgan fingerprint density at radius 1 is 0.978 bits per heavy atom. The van der Waals surface area contributed by atoms with Crippen molar-refractivity contribution in [3.05, 3.63) is 77.4 Å². The van der Waals surface area contributed by atoms with Gasteiger partial charge in [-0.1, -0.05) is 18.2 Å². The number of rotatable bonds is 14. The van der Waals surface area contributed by atoms with Crippen molar-refractivity contribution >= 4 is 22.6 Å². The number of fused-ring (bicyclic) bond motifs is 1. The Bertz CT molecular complexity index is 1720. The van der Waals surface area contributed by atoms with Crippen LogP contribution in [0.2, 0.25) is 0 Å². The third kappa shape index (κ3) is 7.16. The van der Waals surface area contributed by atoms with E-state index >= 15 is 0 Å². The van der Waals surface area contributed by atoms with Crippen molar-refractivity contribution in [2.24, 2.45) is 5.41 Å². The van der Waals surface area contributed by atoms with Gasteiger partial charge in [-0.3, -0.25) is 14.5 Å².